The molecule has 0 aliphatic carbocycles. The van der Waals surface area contributed by atoms with Crippen LogP contribution in [0.15, 0.2) is 24.3 Å². The number of aliphatic hydroxyl groups excluding tert-OH is 2. The molecule has 1 aromatic rings. The van der Waals surface area contributed by atoms with E-state index in [4.69, 9.17) is 15.1 Å². The molecule has 0 saturated heterocycles. The summed E-state index contributed by atoms with van der Waals surface area (Å²) in [6.07, 6.45) is -1.67. The third-order valence-corrected chi connectivity index (χ3v) is 1.83. The zero-order valence-electron chi connectivity index (χ0n) is 8.42. The van der Waals surface area contributed by atoms with E-state index in [0.29, 0.717) is 11.3 Å². The van der Waals surface area contributed by atoms with Crippen LogP contribution in [-0.2, 0) is 0 Å². The van der Waals surface area contributed by atoms with Gasteiger partial charge in [0.1, 0.15) is 5.75 Å². The van der Waals surface area contributed by atoms with E-state index in [1.54, 1.807) is 24.3 Å². The zero-order chi connectivity index (χ0) is 11.3. The van der Waals surface area contributed by atoms with Gasteiger partial charge in [-0.25, -0.2) is 0 Å². The Morgan fingerprint density at radius 1 is 1.47 bits per heavy atom. The summed E-state index contributed by atoms with van der Waals surface area (Å²) >= 11 is 0. The quantitative estimate of drug-likeness (QED) is 0.731. The van der Waals surface area contributed by atoms with Crippen molar-refractivity contribution in [2.45, 2.75) is 25.7 Å². The molecule has 4 nitrogen and oxygen atoms in total. The number of rotatable bonds is 4. The predicted octanol–water partition coefficient (Wildman–Crippen LogP) is 1.35. The lowest BCUT2D eigenvalue weighted by Gasteiger charge is -2.11. The Hall–Kier alpha value is -1.57. The summed E-state index contributed by atoms with van der Waals surface area (Å²) < 4.78 is 5.04. The average molecular weight is 207 g/mol. The largest absolute Gasteiger partial charge is 0.465 e. The van der Waals surface area contributed by atoms with Gasteiger partial charge in [0.05, 0.1) is 18.6 Å². The standard InChI is InChI=1S/C11H13NO3/c1-8(13)15-10-4-2-3-9(7-10)11(14)5-6-12/h2-4,7-8,11,13-14H,5H2,1H3. The van der Waals surface area contributed by atoms with Gasteiger partial charge in [0.2, 0.25) is 0 Å². The lowest BCUT2D eigenvalue weighted by Crippen LogP contribution is -2.09. The molecule has 15 heavy (non-hydrogen) atoms. The third-order valence-electron chi connectivity index (χ3n) is 1.83. The maximum atomic E-state index is 9.54. The number of benzene rings is 1. The first-order valence-electron chi connectivity index (χ1n) is 4.63. The second kappa shape index (κ2) is 5.35. The molecule has 2 N–H and O–H groups in total. The summed E-state index contributed by atoms with van der Waals surface area (Å²) in [4.78, 5) is 0. The van der Waals surface area contributed by atoms with Crippen LogP contribution in [0.4, 0.5) is 0 Å². The van der Waals surface area contributed by atoms with Gasteiger partial charge in [-0.2, -0.15) is 5.26 Å². The molecule has 0 saturated carbocycles. The molecule has 0 aromatic heterocycles. The van der Waals surface area contributed by atoms with Gasteiger partial charge in [-0.15, -0.1) is 0 Å². The number of nitrogens with zero attached hydrogens (tertiary/aromatic N) is 1. The van der Waals surface area contributed by atoms with Gasteiger partial charge in [0, 0.05) is 0 Å². The van der Waals surface area contributed by atoms with Crippen LogP contribution < -0.4 is 4.74 Å². The molecule has 0 spiro atoms. The fraction of sp³-hybridized carbons (Fsp3) is 0.364. The first-order chi connectivity index (χ1) is 7.13. The average Bonchev–Trinajstić information content (AvgIpc) is 2.17. The fourth-order valence-corrected chi connectivity index (χ4v) is 1.20. The van der Waals surface area contributed by atoms with E-state index in [9.17, 15) is 5.11 Å². The van der Waals surface area contributed by atoms with Crippen LogP contribution in [0.5, 0.6) is 5.75 Å². The summed E-state index contributed by atoms with van der Waals surface area (Å²) in [7, 11) is 0. The molecule has 2 atom stereocenters. The Bertz CT molecular complexity index is 357. The van der Waals surface area contributed by atoms with Crippen LogP contribution in [0.1, 0.15) is 25.0 Å². The molecule has 0 aliphatic rings. The van der Waals surface area contributed by atoms with Crippen LogP contribution >= 0.6 is 0 Å². The molecule has 80 valence electrons. The molecule has 0 heterocycles. The predicted molar refractivity (Wildman–Crippen MR) is 53.9 cm³/mol. The summed E-state index contributed by atoms with van der Waals surface area (Å²) in [5, 5.41) is 27.0. The summed E-state index contributed by atoms with van der Waals surface area (Å²) in [5.41, 5.74) is 0.606. The molecule has 0 fully saturated rings. The first kappa shape index (κ1) is 11.5. The van der Waals surface area contributed by atoms with E-state index in [1.165, 1.54) is 6.92 Å². The van der Waals surface area contributed by atoms with Crippen molar-refractivity contribution in [1.82, 2.24) is 0 Å². The van der Waals surface area contributed by atoms with Crippen LogP contribution in [-0.4, -0.2) is 16.5 Å². The summed E-state index contributed by atoms with van der Waals surface area (Å²) in [5.74, 6) is 0.472. The van der Waals surface area contributed by atoms with Crippen molar-refractivity contribution in [1.29, 1.82) is 5.26 Å². The van der Waals surface area contributed by atoms with Gasteiger partial charge in [-0.1, -0.05) is 12.1 Å². The van der Waals surface area contributed by atoms with Crippen molar-refractivity contribution in [3.05, 3.63) is 29.8 Å². The highest BCUT2D eigenvalue weighted by Gasteiger charge is 2.08. The van der Waals surface area contributed by atoms with Crippen molar-refractivity contribution in [2.75, 3.05) is 0 Å². The molecule has 2 unspecified atom stereocenters. The fourth-order valence-electron chi connectivity index (χ4n) is 1.20. The van der Waals surface area contributed by atoms with Crippen molar-refractivity contribution in [3.63, 3.8) is 0 Å². The van der Waals surface area contributed by atoms with Crippen molar-refractivity contribution in [2.24, 2.45) is 0 Å². The number of ether oxygens (including phenoxy) is 1. The van der Waals surface area contributed by atoms with Crippen LogP contribution in [0.3, 0.4) is 0 Å². The number of hydrogen-bond donors (Lipinski definition) is 2. The third kappa shape index (κ3) is 3.58. The Morgan fingerprint density at radius 3 is 2.80 bits per heavy atom. The van der Waals surface area contributed by atoms with E-state index in [-0.39, 0.29) is 6.42 Å². The van der Waals surface area contributed by atoms with Gasteiger partial charge < -0.3 is 14.9 Å². The van der Waals surface area contributed by atoms with Crippen molar-refractivity contribution >= 4 is 0 Å². The van der Waals surface area contributed by atoms with Gasteiger partial charge >= 0.3 is 0 Å². The van der Waals surface area contributed by atoms with Crippen LogP contribution in [0, 0.1) is 11.3 Å². The highest BCUT2D eigenvalue weighted by atomic mass is 16.6. The summed E-state index contributed by atoms with van der Waals surface area (Å²) in [6, 6.07) is 8.58. The first-order valence-corrected chi connectivity index (χ1v) is 4.63. The minimum Gasteiger partial charge on any atom is -0.465 e. The molecule has 0 amide bonds. The van der Waals surface area contributed by atoms with E-state index in [0.717, 1.165) is 0 Å². The van der Waals surface area contributed by atoms with Gasteiger partial charge in [0.25, 0.3) is 0 Å². The van der Waals surface area contributed by atoms with Crippen molar-refractivity contribution < 1.29 is 14.9 Å². The molecule has 0 bridgehead atoms. The highest BCUT2D eigenvalue weighted by molar-refractivity contribution is 5.30. The molecule has 1 rings (SSSR count). The second-order valence-electron chi connectivity index (χ2n) is 3.17. The minimum atomic E-state index is -0.895. The highest BCUT2D eigenvalue weighted by Crippen LogP contribution is 2.21. The van der Waals surface area contributed by atoms with E-state index >= 15 is 0 Å². The lowest BCUT2D eigenvalue weighted by atomic mass is 10.1. The number of aliphatic hydroxyl groups is 2. The zero-order valence-corrected chi connectivity index (χ0v) is 8.42. The van der Waals surface area contributed by atoms with Gasteiger partial charge in [-0.3, -0.25) is 0 Å². The van der Waals surface area contributed by atoms with Crippen molar-refractivity contribution in [3.8, 4) is 11.8 Å². The SMILES string of the molecule is CC(O)Oc1cccc(C(O)CC#N)c1. The molecule has 4 heteroatoms. The van der Waals surface area contributed by atoms with E-state index in [2.05, 4.69) is 0 Å². The topological polar surface area (TPSA) is 73.5 Å². The smallest absolute Gasteiger partial charge is 0.194 e. The van der Waals surface area contributed by atoms with Gasteiger partial charge in [0.15, 0.2) is 6.29 Å². The number of nitriles is 1. The molecule has 0 radical (unpaired) electrons. The Labute approximate surface area is 88.4 Å². The van der Waals surface area contributed by atoms with Crippen LogP contribution in [0.2, 0.25) is 0 Å². The summed E-state index contributed by atoms with van der Waals surface area (Å²) in [6.45, 7) is 1.50. The molecular weight excluding hydrogens is 194 g/mol. The maximum Gasteiger partial charge on any atom is 0.194 e. The van der Waals surface area contributed by atoms with Crippen LogP contribution in [0.25, 0.3) is 0 Å². The number of hydrogen-bond acceptors (Lipinski definition) is 4. The van der Waals surface area contributed by atoms with E-state index in [1.807, 2.05) is 6.07 Å². The van der Waals surface area contributed by atoms with Gasteiger partial charge in [-0.05, 0) is 24.6 Å². The minimum absolute atomic E-state index is 0.0398. The lowest BCUT2D eigenvalue weighted by molar-refractivity contribution is -0.000496. The second-order valence-corrected chi connectivity index (χ2v) is 3.17. The Kier molecular flexibility index (Phi) is 4.10. The Morgan fingerprint density at radius 2 is 2.20 bits per heavy atom. The Balaban J connectivity index is 2.78. The molecule has 1 aromatic carbocycles. The van der Waals surface area contributed by atoms with E-state index < -0.39 is 12.4 Å². The molecular formula is C11H13NO3. The maximum absolute atomic E-state index is 9.54. The molecule has 0 aliphatic heterocycles. The monoisotopic (exact) mass is 207 g/mol. The normalized spacial score (nSPS) is 14.0.